The van der Waals surface area contributed by atoms with Crippen LogP contribution in [0.15, 0.2) is 53.7 Å². The van der Waals surface area contributed by atoms with Crippen molar-refractivity contribution >= 4 is 11.8 Å². The normalized spacial score (nSPS) is 10.6. The van der Waals surface area contributed by atoms with Crippen LogP contribution in [0.1, 0.15) is 11.1 Å². The predicted molar refractivity (Wildman–Crippen MR) is 86.4 cm³/mol. The molecule has 0 saturated heterocycles. The van der Waals surface area contributed by atoms with Crippen LogP contribution in [0.3, 0.4) is 0 Å². The number of nitrogens with zero attached hydrogens (tertiary/aromatic N) is 4. The molecule has 0 unspecified atom stereocenters. The van der Waals surface area contributed by atoms with E-state index in [1.807, 2.05) is 24.3 Å². The molecule has 112 valence electrons. The Balaban J connectivity index is 1.66. The number of hydrogen-bond donors (Lipinski definition) is 0. The zero-order chi connectivity index (χ0) is 15.4. The van der Waals surface area contributed by atoms with E-state index in [2.05, 4.69) is 46.6 Å². The average molecular weight is 312 g/mol. The number of methoxy groups -OCH3 is 1. The molecule has 0 atom stereocenters. The average Bonchev–Trinajstić information content (AvgIpc) is 3.03. The third-order valence-corrected chi connectivity index (χ3v) is 4.09. The summed E-state index contributed by atoms with van der Waals surface area (Å²) in [6.07, 6.45) is 0. The van der Waals surface area contributed by atoms with Gasteiger partial charge in [-0.05, 0) is 42.0 Å². The first-order valence-corrected chi connectivity index (χ1v) is 7.86. The van der Waals surface area contributed by atoms with Gasteiger partial charge in [0.05, 0.1) is 12.8 Å². The minimum atomic E-state index is 0.663. The molecule has 3 aromatic rings. The quantitative estimate of drug-likeness (QED) is 0.677. The Kier molecular flexibility index (Phi) is 4.39. The summed E-state index contributed by atoms with van der Waals surface area (Å²) in [6.45, 7) is 2.08. The van der Waals surface area contributed by atoms with E-state index in [4.69, 9.17) is 4.74 Å². The topological polar surface area (TPSA) is 52.8 Å². The summed E-state index contributed by atoms with van der Waals surface area (Å²) >= 11 is 1.57. The minimum Gasteiger partial charge on any atom is -0.497 e. The third kappa shape index (κ3) is 3.46. The van der Waals surface area contributed by atoms with E-state index in [-0.39, 0.29) is 0 Å². The molecule has 0 spiro atoms. The Bertz CT molecular complexity index is 738. The Hall–Kier alpha value is -2.34. The van der Waals surface area contributed by atoms with Crippen molar-refractivity contribution in [2.45, 2.75) is 17.8 Å². The van der Waals surface area contributed by atoms with Gasteiger partial charge in [-0.15, -0.1) is 15.0 Å². The van der Waals surface area contributed by atoms with Crippen LogP contribution >= 0.6 is 11.8 Å². The molecule has 0 N–H and O–H groups in total. The van der Waals surface area contributed by atoms with Crippen molar-refractivity contribution in [2.75, 3.05) is 7.11 Å². The van der Waals surface area contributed by atoms with Gasteiger partial charge in [0, 0.05) is 5.75 Å². The first-order valence-electron chi connectivity index (χ1n) is 6.87. The van der Waals surface area contributed by atoms with Crippen molar-refractivity contribution in [3.05, 3.63) is 59.7 Å². The molecule has 3 rings (SSSR count). The summed E-state index contributed by atoms with van der Waals surface area (Å²) in [4.78, 5) is 1.52. The Morgan fingerprint density at radius 1 is 1.05 bits per heavy atom. The number of aryl methyl sites for hydroxylation is 1. The van der Waals surface area contributed by atoms with Crippen LogP contribution in [-0.4, -0.2) is 27.3 Å². The zero-order valence-electron chi connectivity index (χ0n) is 12.4. The number of thioether (sulfide) groups is 1. The second-order valence-electron chi connectivity index (χ2n) is 4.83. The smallest absolute Gasteiger partial charge is 0.231 e. The molecule has 0 aliphatic heterocycles. The molecule has 0 bridgehead atoms. The Morgan fingerprint density at radius 2 is 1.77 bits per heavy atom. The van der Waals surface area contributed by atoms with E-state index in [0.717, 1.165) is 17.2 Å². The molecule has 1 heterocycles. The maximum atomic E-state index is 5.14. The van der Waals surface area contributed by atoms with Gasteiger partial charge >= 0.3 is 0 Å². The SMILES string of the molecule is COc1ccc(-n2nnc(SCc3ccc(C)cc3)n2)cc1. The summed E-state index contributed by atoms with van der Waals surface area (Å²) in [5.41, 5.74) is 3.37. The van der Waals surface area contributed by atoms with Crippen LogP contribution in [0.25, 0.3) is 5.69 Å². The van der Waals surface area contributed by atoms with Gasteiger partial charge in [0.2, 0.25) is 5.16 Å². The fraction of sp³-hybridized carbons (Fsp3) is 0.188. The van der Waals surface area contributed by atoms with Gasteiger partial charge in [-0.3, -0.25) is 0 Å². The summed E-state index contributed by atoms with van der Waals surface area (Å²) < 4.78 is 5.14. The van der Waals surface area contributed by atoms with Gasteiger partial charge in [-0.2, -0.15) is 0 Å². The van der Waals surface area contributed by atoms with Crippen LogP contribution in [0.4, 0.5) is 0 Å². The minimum absolute atomic E-state index is 0.663. The van der Waals surface area contributed by atoms with Crippen molar-refractivity contribution in [3.63, 3.8) is 0 Å². The zero-order valence-corrected chi connectivity index (χ0v) is 13.2. The van der Waals surface area contributed by atoms with E-state index in [1.165, 1.54) is 15.9 Å². The van der Waals surface area contributed by atoms with Crippen LogP contribution in [0.5, 0.6) is 5.75 Å². The Labute approximate surface area is 133 Å². The standard InChI is InChI=1S/C16H16N4OS/c1-12-3-5-13(6-4-12)11-22-16-17-19-20(18-16)14-7-9-15(21-2)10-8-14/h3-10H,11H2,1-2H3. The van der Waals surface area contributed by atoms with E-state index < -0.39 is 0 Å². The van der Waals surface area contributed by atoms with E-state index in [1.54, 1.807) is 18.9 Å². The fourth-order valence-electron chi connectivity index (χ4n) is 1.92. The van der Waals surface area contributed by atoms with Crippen LogP contribution < -0.4 is 4.74 Å². The first kappa shape index (κ1) is 14.6. The predicted octanol–water partition coefficient (Wildman–Crippen LogP) is 3.27. The molecule has 0 saturated carbocycles. The highest BCUT2D eigenvalue weighted by Crippen LogP contribution is 2.20. The Morgan fingerprint density at radius 3 is 2.45 bits per heavy atom. The molecule has 22 heavy (non-hydrogen) atoms. The molecule has 0 radical (unpaired) electrons. The summed E-state index contributed by atoms with van der Waals surface area (Å²) in [6, 6.07) is 16.0. The molecule has 1 aromatic heterocycles. The number of hydrogen-bond acceptors (Lipinski definition) is 5. The second kappa shape index (κ2) is 6.62. The van der Waals surface area contributed by atoms with Crippen molar-refractivity contribution < 1.29 is 4.74 Å². The number of benzene rings is 2. The highest BCUT2D eigenvalue weighted by Gasteiger charge is 2.06. The largest absolute Gasteiger partial charge is 0.497 e. The maximum Gasteiger partial charge on any atom is 0.231 e. The number of rotatable bonds is 5. The lowest BCUT2D eigenvalue weighted by Gasteiger charge is -2.01. The van der Waals surface area contributed by atoms with Crippen LogP contribution in [0.2, 0.25) is 0 Å². The summed E-state index contributed by atoms with van der Waals surface area (Å²) in [5.74, 6) is 1.63. The monoisotopic (exact) mass is 312 g/mol. The molecule has 0 aliphatic carbocycles. The number of ether oxygens (including phenoxy) is 1. The number of aromatic nitrogens is 4. The van der Waals surface area contributed by atoms with E-state index >= 15 is 0 Å². The van der Waals surface area contributed by atoms with Gasteiger partial charge in [0.15, 0.2) is 0 Å². The molecule has 2 aromatic carbocycles. The second-order valence-corrected chi connectivity index (χ2v) is 5.78. The highest BCUT2D eigenvalue weighted by molar-refractivity contribution is 7.98. The van der Waals surface area contributed by atoms with Gasteiger partial charge in [0.25, 0.3) is 0 Å². The van der Waals surface area contributed by atoms with Gasteiger partial charge in [0.1, 0.15) is 5.75 Å². The van der Waals surface area contributed by atoms with E-state index in [9.17, 15) is 0 Å². The van der Waals surface area contributed by atoms with Gasteiger partial charge < -0.3 is 4.74 Å². The highest BCUT2D eigenvalue weighted by atomic mass is 32.2. The van der Waals surface area contributed by atoms with Crippen molar-refractivity contribution in [1.29, 1.82) is 0 Å². The molecule has 6 heteroatoms. The van der Waals surface area contributed by atoms with Crippen LogP contribution in [0, 0.1) is 6.92 Å². The lowest BCUT2D eigenvalue weighted by molar-refractivity contribution is 0.414. The maximum absolute atomic E-state index is 5.14. The van der Waals surface area contributed by atoms with Gasteiger partial charge in [-0.25, -0.2) is 0 Å². The van der Waals surface area contributed by atoms with E-state index in [0.29, 0.717) is 5.16 Å². The summed E-state index contributed by atoms with van der Waals surface area (Å²) in [5, 5.41) is 13.2. The number of tetrazole rings is 1. The van der Waals surface area contributed by atoms with Crippen molar-refractivity contribution in [3.8, 4) is 11.4 Å². The molecule has 0 aliphatic rings. The van der Waals surface area contributed by atoms with Crippen molar-refractivity contribution in [1.82, 2.24) is 20.2 Å². The third-order valence-electron chi connectivity index (χ3n) is 3.19. The van der Waals surface area contributed by atoms with Crippen LogP contribution in [-0.2, 0) is 5.75 Å². The lowest BCUT2D eigenvalue weighted by atomic mass is 10.2. The fourth-order valence-corrected chi connectivity index (χ4v) is 2.63. The molecule has 5 nitrogen and oxygen atoms in total. The molecular formula is C16H16N4OS. The molecule has 0 amide bonds. The molecular weight excluding hydrogens is 296 g/mol. The molecule has 0 fully saturated rings. The van der Waals surface area contributed by atoms with Crippen molar-refractivity contribution in [2.24, 2.45) is 0 Å². The first-order chi connectivity index (χ1) is 10.7. The van der Waals surface area contributed by atoms with Gasteiger partial charge in [-0.1, -0.05) is 41.6 Å². The lowest BCUT2D eigenvalue weighted by Crippen LogP contribution is -1.98. The summed E-state index contributed by atoms with van der Waals surface area (Å²) in [7, 11) is 1.64.